The van der Waals surface area contributed by atoms with E-state index in [2.05, 4.69) is 15.3 Å². The van der Waals surface area contributed by atoms with Gasteiger partial charge in [0.25, 0.3) is 11.5 Å². The van der Waals surface area contributed by atoms with Gasteiger partial charge in [-0.05, 0) is 29.7 Å². The van der Waals surface area contributed by atoms with Gasteiger partial charge in [0.15, 0.2) is 23.3 Å². The Hall–Kier alpha value is -3.66. The summed E-state index contributed by atoms with van der Waals surface area (Å²) in [6.45, 7) is 0.0409. The van der Waals surface area contributed by atoms with E-state index in [1.54, 1.807) is 0 Å². The smallest absolute Gasteiger partial charge is 0.268 e. The van der Waals surface area contributed by atoms with Crippen molar-refractivity contribution < 1.29 is 27.1 Å². The van der Waals surface area contributed by atoms with Crippen molar-refractivity contribution in [3.05, 3.63) is 80.9 Å². The summed E-state index contributed by atoms with van der Waals surface area (Å²) in [6, 6.07) is 4.19. The summed E-state index contributed by atoms with van der Waals surface area (Å²) in [5, 5.41) is 3.11. The van der Waals surface area contributed by atoms with Crippen molar-refractivity contribution in [1.82, 2.24) is 15.3 Å². The van der Waals surface area contributed by atoms with Crippen molar-refractivity contribution in [2.45, 2.75) is 12.6 Å². The third-order valence-electron chi connectivity index (χ3n) is 5.28. The molecule has 31 heavy (non-hydrogen) atoms. The second kappa shape index (κ2) is 6.95. The van der Waals surface area contributed by atoms with Crippen molar-refractivity contribution in [3.8, 4) is 0 Å². The van der Waals surface area contributed by atoms with Crippen LogP contribution in [0.5, 0.6) is 0 Å². The molecule has 158 valence electrons. The Labute approximate surface area is 170 Å². The lowest BCUT2D eigenvalue weighted by Gasteiger charge is -2.27. The van der Waals surface area contributed by atoms with Gasteiger partial charge in [0.1, 0.15) is 5.69 Å². The molecule has 1 aliphatic rings. The molecule has 1 amide bonds. The highest BCUT2D eigenvalue weighted by Gasteiger charge is 2.28. The minimum absolute atomic E-state index is 0.0162. The number of benzene rings is 2. The molecule has 0 fully saturated rings. The van der Waals surface area contributed by atoms with E-state index < -0.39 is 40.8 Å². The van der Waals surface area contributed by atoms with Crippen LogP contribution in [0.3, 0.4) is 0 Å². The van der Waals surface area contributed by atoms with Crippen LogP contribution < -0.4 is 10.9 Å². The zero-order chi connectivity index (χ0) is 21.9. The van der Waals surface area contributed by atoms with Crippen molar-refractivity contribution >= 4 is 27.6 Å². The normalized spacial score (nSPS) is 15.9. The van der Waals surface area contributed by atoms with Crippen LogP contribution >= 0.6 is 0 Å². The minimum atomic E-state index is -1.16. The average Bonchev–Trinajstić information content (AvgIpc) is 3.13. The molecule has 2 aromatic carbocycles. The number of pyridine rings is 1. The molecule has 1 atom stereocenters. The molecule has 0 radical (unpaired) electrons. The van der Waals surface area contributed by atoms with Crippen LogP contribution in [0.1, 0.15) is 27.8 Å². The predicted molar refractivity (Wildman–Crippen MR) is 103 cm³/mol. The van der Waals surface area contributed by atoms with Gasteiger partial charge in [0.2, 0.25) is 0 Å². The summed E-state index contributed by atoms with van der Waals surface area (Å²) in [7, 11) is 0. The van der Waals surface area contributed by atoms with Gasteiger partial charge in [0.05, 0.1) is 24.6 Å². The second-order valence-electron chi connectivity index (χ2n) is 7.24. The monoisotopic (exact) mass is 431 g/mol. The first-order valence-corrected chi connectivity index (χ1v) is 9.22. The number of fused-ring (bicyclic) bond motifs is 4. The van der Waals surface area contributed by atoms with E-state index in [1.807, 2.05) is 0 Å². The van der Waals surface area contributed by atoms with Crippen LogP contribution in [0.2, 0.25) is 0 Å². The van der Waals surface area contributed by atoms with Crippen molar-refractivity contribution in [2.75, 3.05) is 6.61 Å². The first-order chi connectivity index (χ1) is 14.8. The molecular weight excluding hydrogens is 418 g/mol. The summed E-state index contributed by atoms with van der Waals surface area (Å²) < 4.78 is 59.9. The number of amides is 1. The highest BCUT2D eigenvalue weighted by atomic mass is 19.2. The van der Waals surface area contributed by atoms with Gasteiger partial charge in [-0.1, -0.05) is 0 Å². The Morgan fingerprint density at radius 3 is 2.39 bits per heavy atom. The number of hydrogen-bond acceptors (Lipinski definition) is 3. The average molecular weight is 431 g/mol. The summed E-state index contributed by atoms with van der Waals surface area (Å²) in [6.07, 6.45) is 0. The maximum Gasteiger partial charge on any atom is 0.268 e. The Morgan fingerprint density at radius 2 is 1.61 bits per heavy atom. The lowest BCUT2D eigenvalue weighted by molar-refractivity contribution is 0.0692. The molecule has 5 rings (SSSR count). The van der Waals surface area contributed by atoms with Crippen LogP contribution in [0.4, 0.5) is 17.6 Å². The maximum atomic E-state index is 13.9. The Kier molecular flexibility index (Phi) is 4.33. The van der Waals surface area contributed by atoms with Crippen LogP contribution in [0, 0.1) is 23.3 Å². The van der Waals surface area contributed by atoms with Gasteiger partial charge in [-0.25, -0.2) is 17.6 Å². The van der Waals surface area contributed by atoms with Crippen molar-refractivity contribution in [1.29, 1.82) is 0 Å². The number of ether oxygens (including phenoxy) is 1. The van der Waals surface area contributed by atoms with Gasteiger partial charge in [0, 0.05) is 28.2 Å². The van der Waals surface area contributed by atoms with Crippen LogP contribution in [-0.2, 0) is 11.3 Å². The number of rotatable bonds is 2. The van der Waals surface area contributed by atoms with Gasteiger partial charge in [-0.3, -0.25) is 9.59 Å². The lowest BCUT2D eigenvalue weighted by atomic mass is 9.96. The zero-order valence-electron chi connectivity index (χ0n) is 15.6. The number of halogens is 4. The Morgan fingerprint density at radius 1 is 0.935 bits per heavy atom. The van der Waals surface area contributed by atoms with Gasteiger partial charge < -0.3 is 20.0 Å². The zero-order valence-corrected chi connectivity index (χ0v) is 15.6. The van der Waals surface area contributed by atoms with Crippen LogP contribution in [0.25, 0.3) is 21.7 Å². The van der Waals surface area contributed by atoms with E-state index in [0.717, 1.165) is 24.3 Å². The molecule has 0 saturated carbocycles. The molecule has 3 N–H and O–H groups in total. The molecule has 0 unspecified atom stereocenters. The molecule has 0 saturated heterocycles. The van der Waals surface area contributed by atoms with Gasteiger partial charge in [-0.2, -0.15) is 0 Å². The Bertz CT molecular complexity index is 1400. The molecule has 2 aromatic heterocycles. The van der Waals surface area contributed by atoms with Crippen LogP contribution in [-0.4, -0.2) is 22.5 Å². The summed E-state index contributed by atoms with van der Waals surface area (Å²) in [5.41, 5.74) is 0.403. The Balaban J connectivity index is 1.56. The molecule has 1 aliphatic heterocycles. The van der Waals surface area contributed by atoms with E-state index in [9.17, 15) is 27.2 Å². The van der Waals surface area contributed by atoms with E-state index >= 15 is 0 Å². The van der Waals surface area contributed by atoms with Gasteiger partial charge >= 0.3 is 0 Å². The third-order valence-corrected chi connectivity index (χ3v) is 5.28. The quantitative estimate of drug-likeness (QED) is 0.424. The topological polar surface area (TPSA) is 87.0 Å². The first kappa shape index (κ1) is 19.3. The largest absolute Gasteiger partial charge is 0.373 e. The second-order valence-corrected chi connectivity index (χ2v) is 7.24. The fraction of sp³-hybridized carbons (Fsp3) is 0.143. The predicted octanol–water partition coefficient (Wildman–Crippen LogP) is 3.57. The van der Waals surface area contributed by atoms with E-state index in [4.69, 9.17) is 4.74 Å². The molecule has 6 nitrogen and oxygen atoms in total. The van der Waals surface area contributed by atoms with Crippen molar-refractivity contribution in [3.63, 3.8) is 0 Å². The summed E-state index contributed by atoms with van der Waals surface area (Å²) in [5.74, 6) is -5.00. The van der Waals surface area contributed by atoms with Crippen LogP contribution in [0.15, 0.2) is 35.1 Å². The number of aromatic nitrogens is 2. The number of aromatic amines is 2. The van der Waals surface area contributed by atoms with Crippen molar-refractivity contribution in [2.24, 2.45) is 0 Å². The minimum Gasteiger partial charge on any atom is -0.373 e. The summed E-state index contributed by atoms with van der Waals surface area (Å²) >= 11 is 0. The highest BCUT2D eigenvalue weighted by molar-refractivity contribution is 5.98. The fourth-order valence-corrected chi connectivity index (χ4v) is 3.86. The van der Waals surface area contributed by atoms with E-state index in [-0.39, 0.29) is 35.2 Å². The SMILES string of the molecule is O=C(N[C@H]1COCc2[nH]c(=O)c3cc(F)c(F)cc3c21)c1cc2cc(F)c(F)cc2[nH]1. The third kappa shape index (κ3) is 3.15. The number of hydrogen-bond donors (Lipinski definition) is 3. The molecule has 0 spiro atoms. The van der Waals surface area contributed by atoms with E-state index in [1.165, 1.54) is 6.07 Å². The number of carbonyl (C=O) groups is 1. The number of H-pyrrole nitrogens is 2. The molecule has 3 heterocycles. The molecule has 0 aliphatic carbocycles. The fourth-order valence-electron chi connectivity index (χ4n) is 3.86. The highest BCUT2D eigenvalue weighted by Crippen LogP contribution is 2.31. The van der Waals surface area contributed by atoms with Gasteiger partial charge in [-0.15, -0.1) is 0 Å². The standard InChI is InChI=1S/C21H13F4N3O3/c22-11-1-8-2-16(26-15(8)5-14(11)25)21(30)28-18-7-31-6-17-19(18)9-3-12(23)13(24)4-10(9)20(29)27-17/h1-5,18,26H,6-7H2,(H,27,29)(H,28,30)/t18-/m0/s1. The molecule has 10 heteroatoms. The lowest BCUT2D eigenvalue weighted by Crippen LogP contribution is -2.36. The number of nitrogens with one attached hydrogen (secondary N) is 3. The summed E-state index contributed by atoms with van der Waals surface area (Å²) in [4.78, 5) is 30.4. The molecular formula is C21H13F4N3O3. The first-order valence-electron chi connectivity index (χ1n) is 9.22. The van der Waals surface area contributed by atoms with E-state index in [0.29, 0.717) is 16.6 Å². The molecule has 0 bridgehead atoms. The number of carbonyl (C=O) groups excluding carboxylic acids is 1. The maximum absolute atomic E-state index is 13.9. The molecule has 4 aromatic rings.